The van der Waals surface area contributed by atoms with E-state index in [0.717, 1.165) is 0 Å². The van der Waals surface area contributed by atoms with E-state index in [1.54, 1.807) is 13.0 Å². The SMILES string of the molecule is C/C=C\C(=O)OC.[W]. The molecule has 0 aliphatic rings. The summed E-state index contributed by atoms with van der Waals surface area (Å²) in [5, 5.41) is 0. The van der Waals surface area contributed by atoms with Crippen molar-refractivity contribution in [1.29, 1.82) is 0 Å². The molecule has 0 aromatic rings. The number of carbonyl (C=O) groups excluding carboxylic acids is 1. The molecule has 0 radical (unpaired) electrons. The number of hydrogen-bond acceptors (Lipinski definition) is 2. The van der Waals surface area contributed by atoms with Crippen LogP contribution < -0.4 is 0 Å². The molecule has 0 spiro atoms. The number of ether oxygens (including phenoxy) is 1. The van der Waals surface area contributed by atoms with E-state index in [4.69, 9.17) is 0 Å². The van der Waals surface area contributed by atoms with Gasteiger partial charge in [0.05, 0.1) is 7.11 Å². The molecule has 0 N–H and O–H groups in total. The van der Waals surface area contributed by atoms with Crippen LogP contribution in [0.2, 0.25) is 0 Å². The monoisotopic (exact) mass is 284 g/mol. The van der Waals surface area contributed by atoms with Crippen LogP contribution in [0.1, 0.15) is 6.92 Å². The van der Waals surface area contributed by atoms with Crippen molar-refractivity contribution in [3.63, 3.8) is 0 Å². The van der Waals surface area contributed by atoms with E-state index in [2.05, 4.69) is 4.74 Å². The Morgan fingerprint density at radius 3 is 2.25 bits per heavy atom. The summed E-state index contributed by atoms with van der Waals surface area (Å²) in [5.41, 5.74) is 0. The second-order valence-corrected chi connectivity index (χ2v) is 1.02. The number of rotatable bonds is 1. The molecule has 0 saturated carbocycles. The molecule has 0 amide bonds. The van der Waals surface area contributed by atoms with E-state index in [1.165, 1.54) is 13.2 Å². The topological polar surface area (TPSA) is 26.3 Å². The third-order valence-corrected chi connectivity index (χ3v) is 0.504. The standard InChI is InChI=1S/C5H8O2.W/c1-3-4-5(6)7-2;/h3-4H,1-2H3;/b4-3-;. The number of hydrogen-bond donors (Lipinski definition) is 0. The van der Waals surface area contributed by atoms with Crippen molar-refractivity contribution < 1.29 is 30.6 Å². The van der Waals surface area contributed by atoms with Gasteiger partial charge in [-0.15, -0.1) is 0 Å². The molecular formula is C5H8O2W. The molecule has 0 bridgehead atoms. The van der Waals surface area contributed by atoms with Crippen molar-refractivity contribution in [2.45, 2.75) is 6.92 Å². The van der Waals surface area contributed by atoms with Gasteiger partial charge in [-0.05, 0) is 6.92 Å². The Bertz CT molecular complexity index is 88.4. The van der Waals surface area contributed by atoms with Crippen molar-refractivity contribution >= 4 is 5.97 Å². The fourth-order valence-electron chi connectivity index (χ4n) is 0.204. The molecule has 0 rings (SSSR count). The molecule has 2 nitrogen and oxygen atoms in total. The van der Waals surface area contributed by atoms with Crippen LogP contribution in [0.15, 0.2) is 12.2 Å². The summed E-state index contributed by atoms with van der Waals surface area (Å²) >= 11 is 0. The second-order valence-electron chi connectivity index (χ2n) is 1.02. The fourth-order valence-corrected chi connectivity index (χ4v) is 0.204. The van der Waals surface area contributed by atoms with E-state index >= 15 is 0 Å². The van der Waals surface area contributed by atoms with Crippen LogP contribution in [-0.2, 0) is 30.6 Å². The predicted octanol–water partition coefficient (Wildman–Crippen LogP) is 0.733. The van der Waals surface area contributed by atoms with Gasteiger partial charge in [0.1, 0.15) is 0 Å². The Kier molecular flexibility index (Phi) is 9.32. The number of carbonyl (C=O) groups is 1. The summed E-state index contributed by atoms with van der Waals surface area (Å²) in [5.74, 6) is -0.303. The van der Waals surface area contributed by atoms with Crippen LogP contribution in [0, 0.1) is 0 Å². The molecule has 3 heteroatoms. The van der Waals surface area contributed by atoms with Crippen LogP contribution >= 0.6 is 0 Å². The van der Waals surface area contributed by atoms with Gasteiger partial charge in [0.25, 0.3) is 0 Å². The van der Waals surface area contributed by atoms with Gasteiger partial charge in [0.15, 0.2) is 0 Å². The maximum Gasteiger partial charge on any atom is 0.330 e. The van der Waals surface area contributed by atoms with Crippen LogP contribution in [-0.4, -0.2) is 13.1 Å². The van der Waals surface area contributed by atoms with E-state index in [0.29, 0.717) is 0 Å². The van der Waals surface area contributed by atoms with E-state index in [9.17, 15) is 4.79 Å². The van der Waals surface area contributed by atoms with Gasteiger partial charge in [0, 0.05) is 27.1 Å². The molecule has 0 aromatic carbocycles. The van der Waals surface area contributed by atoms with E-state index in [-0.39, 0.29) is 27.0 Å². The van der Waals surface area contributed by atoms with E-state index in [1.807, 2.05) is 0 Å². The van der Waals surface area contributed by atoms with Crippen LogP contribution in [0.25, 0.3) is 0 Å². The molecule has 46 valence electrons. The Hall–Kier alpha value is -0.102. The molecule has 0 heterocycles. The average molecular weight is 284 g/mol. The summed E-state index contributed by atoms with van der Waals surface area (Å²) in [7, 11) is 1.35. The van der Waals surface area contributed by atoms with Crippen molar-refractivity contribution in [2.75, 3.05) is 7.11 Å². The van der Waals surface area contributed by atoms with Gasteiger partial charge in [0.2, 0.25) is 0 Å². The molecule has 8 heavy (non-hydrogen) atoms. The Labute approximate surface area is 63.2 Å². The first-order chi connectivity index (χ1) is 3.31. The Morgan fingerprint density at radius 2 is 2.12 bits per heavy atom. The third kappa shape index (κ3) is 5.90. The Morgan fingerprint density at radius 1 is 1.62 bits per heavy atom. The first-order valence-electron chi connectivity index (χ1n) is 2.02. The number of allylic oxidation sites excluding steroid dienone is 1. The summed E-state index contributed by atoms with van der Waals surface area (Å²) in [4.78, 5) is 10.1. The maximum absolute atomic E-state index is 10.1. The van der Waals surface area contributed by atoms with Crippen molar-refractivity contribution in [2.24, 2.45) is 0 Å². The predicted molar refractivity (Wildman–Crippen MR) is 26.8 cm³/mol. The minimum absolute atomic E-state index is 0. The first-order valence-corrected chi connectivity index (χ1v) is 2.02. The smallest absolute Gasteiger partial charge is 0.330 e. The van der Waals surface area contributed by atoms with Crippen LogP contribution in [0.5, 0.6) is 0 Å². The largest absolute Gasteiger partial charge is 0.466 e. The molecule has 0 fully saturated rings. The minimum atomic E-state index is -0.303. The molecule has 0 saturated heterocycles. The first kappa shape index (κ1) is 10.8. The molecular weight excluding hydrogens is 276 g/mol. The summed E-state index contributed by atoms with van der Waals surface area (Å²) in [6.07, 6.45) is 2.99. The van der Waals surface area contributed by atoms with Crippen LogP contribution in [0.3, 0.4) is 0 Å². The normalized spacial score (nSPS) is 8.25. The zero-order chi connectivity index (χ0) is 5.70. The van der Waals surface area contributed by atoms with E-state index < -0.39 is 0 Å². The maximum atomic E-state index is 10.1. The van der Waals surface area contributed by atoms with Gasteiger partial charge in [-0.2, -0.15) is 0 Å². The molecule has 0 aliphatic heterocycles. The zero-order valence-corrected chi connectivity index (χ0v) is 7.81. The van der Waals surface area contributed by atoms with Crippen LogP contribution in [0.4, 0.5) is 0 Å². The molecule has 0 aromatic heterocycles. The molecule has 0 aliphatic carbocycles. The van der Waals surface area contributed by atoms with Gasteiger partial charge < -0.3 is 4.74 Å². The van der Waals surface area contributed by atoms with Gasteiger partial charge in [-0.3, -0.25) is 0 Å². The fraction of sp³-hybridized carbons (Fsp3) is 0.400. The quantitative estimate of drug-likeness (QED) is 0.524. The molecule has 0 atom stereocenters. The number of esters is 1. The number of methoxy groups -OCH3 is 1. The van der Waals surface area contributed by atoms with Crippen molar-refractivity contribution in [1.82, 2.24) is 0 Å². The van der Waals surface area contributed by atoms with Crippen molar-refractivity contribution in [3.05, 3.63) is 12.2 Å². The summed E-state index contributed by atoms with van der Waals surface area (Å²) in [6.45, 7) is 1.76. The van der Waals surface area contributed by atoms with Crippen molar-refractivity contribution in [3.8, 4) is 0 Å². The Balaban J connectivity index is 0. The van der Waals surface area contributed by atoms with Gasteiger partial charge in [-0.1, -0.05) is 6.08 Å². The van der Waals surface area contributed by atoms with Gasteiger partial charge in [-0.25, -0.2) is 4.79 Å². The minimum Gasteiger partial charge on any atom is -0.466 e. The van der Waals surface area contributed by atoms with Gasteiger partial charge >= 0.3 is 5.97 Å². The third-order valence-electron chi connectivity index (χ3n) is 0.504. The zero-order valence-electron chi connectivity index (χ0n) is 4.88. The summed E-state index contributed by atoms with van der Waals surface area (Å²) in [6, 6.07) is 0. The summed E-state index contributed by atoms with van der Waals surface area (Å²) < 4.78 is 4.26. The molecule has 0 unspecified atom stereocenters. The second kappa shape index (κ2) is 6.90. The average Bonchev–Trinajstić information content (AvgIpc) is 1.68.